The average molecular weight is 251 g/mol. The van der Waals surface area contributed by atoms with Crippen molar-refractivity contribution in [3.8, 4) is 0 Å². The van der Waals surface area contributed by atoms with Gasteiger partial charge in [-0.25, -0.2) is 14.4 Å². The number of alkyl halides is 1. The molecule has 5 nitrogen and oxygen atoms in total. The highest BCUT2D eigenvalue weighted by Gasteiger charge is 2.29. The van der Waals surface area contributed by atoms with E-state index in [1.165, 1.54) is 6.33 Å². The normalized spacial score (nSPS) is 15.3. The quantitative estimate of drug-likeness (QED) is 0.776. The van der Waals surface area contributed by atoms with E-state index in [0.717, 1.165) is 22.5 Å². The van der Waals surface area contributed by atoms with E-state index in [1.807, 2.05) is 32.7 Å². The van der Waals surface area contributed by atoms with Crippen LogP contribution in [0.25, 0.3) is 11.0 Å². The third-order valence-corrected chi connectivity index (χ3v) is 2.91. The highest BCUT2D eigenvalue weighted by molar-refractivity contribution is 5.89. The largest absolute Gasteiger partial charge is 0.350 e. The second-order valence-corrected chi connectivity index (χ2v) is 4.11. The van der Waals surface area contributed by atoms with Gasteiger partial charge in [0.1, 0.15) is 18.3 Å². The van der Waals surface area contributed by atoms with Gasteiger partial charge in [0, 0.05) is 7.05 Å². The highest BCUT2D eigenvalue weighted by Crippen LogP contribution is 2.29. The van der Waals surface area contributed by atoms with Gasteiger partial charge >= 0.3 is 0 Å². The Morgan fingerprint density at radius 3 is 2.56 bits per heavy atom. The smallest absolute Gasteiger partial charge is 0.163 e. The molecular weight excluding hydrogens is 233 g/mol. The molecule has 0 bridgehead atoms. The van der Waals surface area contributed by atoms with E-state index in [1.54, 1.807) is 4.68 Å². The third kappa shape index (κ3) is 1.91. The van der Waals surface area contributed by atoms with E-state index >= 15 is 0 Å². The highest BCUT2D eigenvalue weighted by atomic mass is 19.1. The first-order valence-electron chi connectivity index (χ1n) is 6.20. The van der Waals surface area contributed by atoms with Crippen LogP contribution in [0, 0.1) is 6.92 Å². The predicted molar refractivity (Wildman–Crippen MR) is 69.5 cm³/mol. The zero-order chi connectivity index (χ0) is 13.3. The second-order valence-electron chi connectivity index (χ2n) is 4.11. The Morgan fingerprint density at radius 2 is 1.94 bits per heavy atom. The van der Waals surface area contributed by atoms with Crippen LogP contribution in [0.5, 0.6) is 0 Å². The van der Waals surface area contributed by atoms with Gasteiger partial charge in [-0.3, -0.25) is 4.68 Å². The molecule has 2 aromatic rings. The van der Waals surface area contributed by atoms with Gasteiger partial charge < -0.3 is 4.90 Å². The van der Waals surface area contributed by atoms with Crippen LogP contribution in [0.15, 0.2) is 6.33 Å². The number of aromatic nitrogens is 4. The fourth-order valence-electron chi connectivity index (χ4n) is 2.10. The molecule has 0 aliphatic carbocycles. The Bertz CT molecular complexity index is 545. The molecule has 2 aromatic heterocycles. The first-order chi connectivity index (χ1) is 8.66. The summed E-state index contributed by atoms with van der Waals surface area (Å²) < 4.78 is 14.6. The molecule has 0 spiro atoms. The number of nitrogens with zero attached hydrogens (tertiary/aromatic N) is 5. The van der Waals surface area contributed by atoms with Crippen molar-refractivity contribution >= 4 is 16.9 Å². The standard InChI is InChI=1S/C10H12FN5.C2H6/c1-6-8-9(15(2)14-6)12-5-13-10(8)16-3-7(11)4-16;1-2/h5,7H,3-4H2,1-2H3;1-2H3. The SMILES string of the molecule is CC.Cc1nn(C)c2ncnc(N3CC(F)C3)c12. The van der Waals surface area contributed by atoms with Crippen molar-refractivity contribution in [1.82, 2.24) is 19.7 Å². The molecule has 1 saturated heterocycles. The summed E-state index contributed by atoms with van der Waals surface area (Å²) in [5.74, 6) is 0.796. The minimum atomic E-state index is -0.734. The van der Waals surface area contributed by atoms with Gasteiger partial charge in [0.15, 0.2) is 5.65 Å². The lowest BCUT2D eigenvalue weighted by atomic mass is 10.1. The zero-order valence-corrected chi connectivity index (χ0v) is 11.2. The average Bonchev–Trinajstić information content (AvgIpc) is 2.64. The van der Waals surface area contributed by atoms with E-state index in [9.17, 15) is 4.39 Å². The fraction of sp³-hybridized carbons (Fsp3) is 0.583. The number of hydrogen-bond donors (Lipinski definition) is 0. The molecule has 6 heteroatoms. The zero-order valence-electron chi connectivity index (χ0n) is 11.2. The molecule has 3 rings (SSSR count). The Morgan fingerprint density at radius 1 is 1.28 bits per heavy atom. The molecule has 0 saturated carbocycles. The summed E-state index contributed by atoms with van der Waals surface area (Å²) in [5, 5.41) is 5.23. The van der Waals surface area contributed by atoms with Gasteiger partial charge in [0.05, 0.1) is 24.2 Å². The molecule has 1 aliphatic heterocycles. The second kappa shape index (κ2) is 4.88. The lowest BCUT2D eigenvalue weighted by Gasteiger charge is -2.35. The van der Waals surface area contributed by atoms with Gasteiger partial charge in [-0.05, 0) is 6.92 Å². The molecule has 0 unspecified atom stereocenters. The minimum Gasteiger partial charge on any atom is -0.350 e. The van der Waals surface area contributed by atoms with Crippen molar-refractivity contribution in [2.75, 3.05) is 18.0 Å². The fourth-order valence-corrected chi connectivity index (χ4v) is 2.10. The van der Waals surface area contributed by atoms with Gasteiger partial charge in [-0.15, -0.1) is 0 Å². The lowest BCUT2D eigenvalue weighted by molar-refractivity contribution is 0.274. The first kappa shape index (κ1) is 12.7. The first-order valence-corrected chi connectivity index (χ1v) is 6.20. The summed E-state index contributed by atoms with van der Waals surface area (Å²) in [6.07, 6.45) is 0.770. The van der Waals surface area contributed by atoms with Crippen molar-refractivity contribution in [2.45, 2.75) is 26.9 Å². The molecule has 3 heterocycles. The Hall–Kier alpha value is -1.72. The van der Waals surface area contributed by atoms with Gasteiger partial charge in [-0.1, -0.05) is 13.8 Å². The number of hydrogen-bond acceptors (Lipinski definition) is 4. The van der Waals surface area contributed by atoms with Gasteiger partial charge in [-0.2, -0.15) is 5.10 Å². The Kier molecular flexibility index (Phi) is 3.45. The van der Waals surface area contributed by atoms with Crippen LogP contribution in [-0.2, 0) is 7.05 Å². The number of halogens is 1. The number of fused-ring (bicyclic) bond motifs is 1. The lowest BCUT2D eigenvalue weighted by Crippen LogP contribution is -2.49. The van der Waals surface area contributed by atoms with Crippen LogP contribution >= 0.6 is 0 Å². The summed E-state index contributed by atoms with van der Waals surface area (Å²) in [7, 11) is 1.85. The molecule has 98 valence electrons. The maximum absolute atomic E-state index is 12.9. The molecule has 1 aliphatic rings. The monoisotopic (exact) mass is 251 g/mol. The Balaban J connectivity index is 0.000000574. The van der Waals surface area contributed by atoms with Crippen molar-refractivity contribution < 1.29 is 4.39 Å². The molecule has 18 heavy (non-hydrogen) atoms. The maximum Gasteiger partial charge on any atom is 0.163 e. The molecule has 0 atom stereocenters. The van der Waals surface area contributed by atoms with E-state index in [-0.39, 0.29) is 0 Å². The van der Waals surface area contributed by atoms with Crippen LogP contribution < -0.4 is 4.90 Å². The summed E-state index contributed by atoms with van der Waals surface area (Å²) >= 11 is 0. The molecule has 1 fully saturated rings. The van der Waals surface area contributed by atoms with E-state index in [2.05, 4.69) is 15.1 Å². The minimum absolute atomic E-state index is 0.417. The van der Waals surface area contributed by atoms with Crippen molar-refractivity contribution in [3.05, 3.63) is 12.0 Å². The van der Waals surface area contributed by atoms with Crippen LogP contribution in [0.2, 0.25) is 0 Å². The molecule has 0 N–H and O–H groups in total. The number of anilines is 1. The van der Waals surface area contributed by atoms with Gasteiger partial charge in [0.2, 0.25) is 0 Å². The van der Waals surface area contributed by atoms with Crippen molar-refractivity contribution in [2.24, 2.45) is 7.05 Å². The van der Waals surface area contributed by atoms with Crippen LogP contribution in [0.1, 0.15) is 19.5 Å². The molecule has 0 amide bonds. The van der Waals surface area contributed by atoms with E-state index < -0.39 is 6.17 Å². The molecular formula is C12H18FN5. The van der Waals surface area contributed by atoms with Crippen molar-refractivity contribution in [1.29, 1.82) is 0 Å². The van der Waals surface area contributed by atoms with Crippen LogP contribution in [0.3, 0.4) is 0 Å². The summed E-state index contributed by atoms with van der Waals surface area (Å²) in [4.78, 5) is 10.3. The van der Waals surface area contributed by atoms with Crippen LogP contribution in [-0.4, -0.2) is 39.0 Å². The summed E-state index contributed by atoms with van der Waals surface area (Å²) in [6, 6.07) is 0. The van der Waals surface area contributed by atoms with Gasteiger partial charge in [0.25, 0.3) is 0 Å². The van der Waals surface area contributed by atoms with E-state index in [4.69, 9.17) is 0 Å². The predicted octanol–water partition coefficient (Wildman–Crippen LogP) is 1.86. The maximum atomic E-state index is 12.9. The number of rotatable bonds is 1. The topological polar surface area (TPSA) is 46.8 Å². The van der Waals surface area contributed by atoms with E-state index in [0.29, 0.717) is 13.1 Å². The summed E-state index contributed by atoms with van der Waals surface area (Å²) in [6.45, 7) is 6.75. The van der Waals surface area contributed by atoms with Crippen molar-refractivity contribution in [3.63, 3.8) is 0 Å². The summed E-state index contributed by atoms with van der Waals surface area (Å²) in [5.41, 5.74) is 1.68. The van der Waals surface area contributed by atoms with Crippen LogP contribution in [0.4, 0.5) is 10.2 Å². The third-order valence-electron chi connectivity index (χ3n) is 2.91. The molecule has 0 radical (unpaired) electrons. The Labute approximate surface area is 106 Å². The molecule has 0 aromatic carbocycles. The number of aryl methyl sites for hydroxylation is 2.